The molecule has 3 aromatic heterocycles. The number of carbonyl (C=O) groups is 2. The standard InChI is InChI=1S/C36H47N5O3S/c1-21-12-30(45-4)29(34(43)39-21)20-38-35(44)32-23(3)41(33-28(32)6-5-9-37-33)22(2)27-7-10-40(11-8-27)31(42)19-36-16-24-13-25(17-36)15-26(14-24)18-36/h5-6,9,12,22,24-27H,7-8,10-11,13-20H2,1-4H3,(H,38,44)(H,39,43). The lowest BCUT2D eigenvalue weighted by Crippen LogP contribution is -2.49. The fraction of sp³-hybridized carbons (Fsp3) is 0.611. The molecule has 1 aliphatic heterocycles. The lowest BCUT2D eigenvalue weighted by Gasteiger charge is -2.57. The minimum atomic E-state index is -0.200. The van der Waals surface area contributed by atoms with Crippen LogP contribution in [0.1, 0.15) is 98.1 Å². The molecule has 8 rings (SSSR count). The Morgan fingerprint density at radius 2 is 1.78 bits per heavy atom. The number of nitrogens with zero attached hydrogens (tertiary/aromatic N) is 3. The van der Waals surface area contributed by atoms with Crippen LogP contribution >= 0.6 is 11.8 Å². The number of nitrogens with one attached hydrogen (secondary N) is 2. The summed E-state index contributed by atoms with van der Waals surface area (Å²) in [6, 6.07) is 5.91. The lowest BCUT2D eigenvalue weighted by molar-refractivity contribution is -0.141. The van der Waals surface area contributed by atoms with E-state index in [-0.39, 0.29) is 29.5 Å². The van der Waals surface area contributed by atoms with Crippen molar-refractivity contribution in [2.75, 3.05) is 19.3 Å². The Morgan fingerprint density at radius 3 is 2.42 bits per heavy atom. The van der Waals surface area contributed by atoms with Crippen molar-refractivity contribution in [3.63, 3.8) is 0 Å². The predicted octanol–water partition coefficient (Wildman–Crippen LogP) is 6.40. The summed E-state index contributed by atoms with van der Waals surface area (Å²) < 4.78 is 2.23. The number of thioether (sulfide) groups is 1. The van der Waals surface area contributed by atoms with E-state index in [1.54, 1.807) is 6.20 Å². The molecule has 5 fully saturated rings. The molecular formula is C36H47N5O3S. The van der Waals surface area contributed by atoms with E-state index < -0.39 is 0 Å². The van der Waals surface area contributed by atoms with E-state index in [0.717, 1.165) is 77.4 Å². The minimum absolute atomic E-state index is 0.132. The first-order valence-corrected chi connectivity index (χ1v) is 18.2. The molecule has 4 saturated carbocycles. The molecule has 4 bridgehead atoms. The van der Waals surface area contributed by atoms with Gasteiger partial charge in [-0.05, 0) is 126 Å². The number of rotatable bonds is 8. The highest BCUT2D eigenvalue weighted by Gasteiger charge is 2.51. The van der Waals surface area contributed by atoms with Gasteiger partial charge in [0.25, 0.3) is 11.5 Å². The van der Waals surface area contributed by atoms with Crippen molar-refractivity contribution in [3.8, 4) is 0 Å². The van der Waals surface area contributed by atoms with Crippen LogP contribution in [0, 0.1) is 42.9 Å². The van der Waals surface area contributed by atoms with Crippen LogP contribution in [0.25, 0.3) is 11.0 Å². The fourth-order valence-electron chi connectivity index (χ4n) is 10.1. The van der Waals surface area contributed by atoms with Crippen LogP contribution in [0.2, 0.25) is 0 Å². The van der Waals surface area contributed by atoms with Gasteiger partial charge in [0.1, 0.15) is 5.65 Å². The van der Waals surface area contributed by atoms with Gasteiger partial charge in [0.2, 0.25) is 5.91 Å². The normalized spacial score (nSPS) is 26.8. The molecule has 1 unspecified atom stereocenters. The third-order valence-electron chi connectivity index (χ3n) is 11.8. The Balaban J connectivity index is 1.04. The van der Waals surface area contributed by atoms with E-state index in [1.807, 2.05) is 38.3 Å². The third-order valence-corrected chi connectivity index (χ3v) is 12.6. The number of piperidine rings is 1. The van der Waals surface area contributed by atoms with Crippen LogP contribution < -0.4 is 10.9 Å². The Kier molecular flexibility index (Phi) is 8.11. The topological polar surface area (TPSA) is 100 Å². The molecule has 1 saturated heterocycles. The smallest absolute Gasteiger partial charge is 0.254 e. The van der Waals surface area contributed by atoms with Crippen molar-refractivity contribution in [2.45, 2.75) is 96.0 Å². The number of carbonyl (C=O) groups excluding carboxylic acids is 2. The Labute approximate surface area is 270 Å². The van der Waals surface area contributed by atoms with E-state index in [1.165, 1.54) is 50.3 Å². The van der Waals surface area contributed by atoms with Gasteiger partial charge < -0.3 is 19.8 Å². The highest BCUT2D eigenvalue weighted by Crippen LogP contribution is 2.61. The zero-order chi connectivity index (χ0) is 31.5. The average molecular weight is 630 g/mol. The SMILES string of the molecule is CSc1cc(C)[nH]c(=O)c1CNC(=O)c1c(C)n(C(C)C2CCN(C(=O)CC34CC5CC(CC(C5)C3)C4)CC2)c2ncccc12. The molecule has 240 valence electrons. The molecular weight excluding hydrogens is 582 g/mol. The molecule has 5 aliphatic rings. The van der Waals surface area contributed by atoms with E-state index in [4.69, 9.17) is 4.98 Å². The second-order valence-corrected chi connectivity index (χ2v) is 15.6. The monoisotopic (exact) mass is 629 g/mol. The Morgan fingerprint density at radius 1 is 1.11 bits per heavy atom. The second-order valence-electron chi connectivity index (χ2n) is 14.8. The van der Waals surface area contributed by atoms with Crippen LogP contribution in [0.4, 0.5) is 0 Å². The number of amides is 2. The maximum absolute atomic E-state index is 13.7. The van der Waals surface area contributed by atoms with Gasteiger partial charge in [-0.1, -0.05) is 0 Å². The minimum Gasteiger partial charge on any atom is -0.348 e. The molecule has 2 N–H and O–H groups in total. The summed E-state index contributed by atoms with van der Waals surface area (Å²) in [7, 11) is 0. The van der Waals surface area contributed by atoms with Crippen LogP contribution in [-0.4, -0.2) is 50.6 Å². The van der Waals surface area contributed by atoms with Gasteiger partial charge in [0.05, 0.1) is 5.56 Å². The van der Waals surface area contributed by atoms with Gasteiger partial charge in [0.15, 0.2) is 0 Å². The van der Waals surface area contributed by atoms with Crippen molar-refractivity contribution >= 4 is 34.6 Å². The molecule has 0 radical (unpaired) electrons. The number of likely N-dealkylation sites (tertiary alicyclic amines) is 1. The van der Waals surface area contributed by atoms with E-state index in [2.05, 4.69) is 26.7 Å². The largest absolute Gasteiger partial charge is 0.348 e. The van der Waals surface area contributed by atoms with Crippen molar-refractivity contribution in [2.24, 2.45) is 29.1 Å². The summed E-state index contributed by atoms with van der Waals surface area (Å²) in [6.07, 6.45) is 14.5. The highest BCUT2D eigenvalue weighted by molar-refractivity contribution is 7.98. The molecule has 4 aliphatic carbocycles. The molecule has 45 heavy (non-hydrogen) atoms. The average Bonchev–Trinajstić information content (AvgIpc) is 3.30. The summed E-state index contributed by atoms with van der Waals surface area (Å²) >= 11 is 1.51. The molecule has 4 heterocycles. The van der Waals surface area contributed by atoms with Crippen LogP contribution in [0.3, 0.4) is 0 Å². The lowest BCUT2D eigenvalue weighted by atomic mass is 9.49. The quantitative estimate of drug-likeness (QED) is 0.281. The number of hydrogen-bond acceptors (Lipinski definition) is 5. The van der Waals surface area contributed by atoms with Gasteiger partial charge >= 0.3 is 0 Å². The van der Waals surface area contributed by atoms with E-state index in [9.17, 15) is 14.4 Å². The molecule has 1 atom stereocenters. The van der Waals surface area contributed by atoms with E-state index in [0.29, 0.717) is 23.0 Å². The highest BCUT2D eigenvalue weighted by atomic mass is 32.2. The van der Waals surface area contributed by atoms with Gasteiger partial charge in [-0.25, -0.2) is 4.98 Å². The number of hydrogen-bond donors (Lipinski definition) is 2. The number of aromatic amines is 1. The van der Waals surface area contributed by atoms with Gasteiger partial charge in [-0.2, -0.15) is 0 Å². The summed E-state index contributed by atoms with van der Waals surface area (Å²) in [4.78, 5) is 50.6. The zero-order valence-electron chi connectivity index (χ0n) is 27.2. The van der Waals surface area contributed by atoms with Gasteiger partial charge in [-0.15, -0.1) is 11.8 Å². The van der Waals surface area contributed by atoms with Crippen molar-refractivity contribution in [1.29, 1.82) is 0 Å². The maximum atomic E-state index is 13.7. The van der Waals surface area contributed by atoms with E-state index >= 15 is 0 Å². The predicted molar refractivity (Wildman–Crippen MR) is 178 cm³/mol. The summed E-state index contributed by atoms with van der Waals surface area (Å²) in [5, 5.41) is 3.85. The Hall–Kier alpha value is -3.07. The number of aromatic nitrogens is 3. The molecule has 8 nitrogen and oxygen atoms in total. The van der Waals surface area contributed by atoms with Crippen LogP contribution in [0.5, 0.6) is 0 Å². The second kappa shape index (κ2) is 11.9. The molecule has 3 aromatic rings. The first-order valence-electron chi connectivity index (χ1n) is 16.9. The first-order chi connectivity index (χ1) is 21.6. The maximum Gasteiger partial charge on any atom is 0.254 e. The number of aryl methyl sites for hydroxylation is 1. The molecule has 9 heteroatoms. The number of pyridine rings is 2. The van der Waals surface area contributed by atoms with Gasteiger partial charge in [0, 0.05) is 65.5 Å². The third kappa shape index (κ3) is 5.63. The molecule has 0 aromatic carbocycles. The Bertz CT molecular complexity index is 1650. The number of fused-ring (bicyclic) bond motifs is 1. The van der Waals surface area contributed by atoms with Crippen molar-refractivity contribution in [1.82, 2.24) is 24.8 Å². The zero-order valence-corrected chi connectivity index (χ0v) is 28.0. The molecule has 0 spiro atoms. The van der Waals surface area contributed by atoms with Crippen LogP contribution in [-0.2, 0) is 11.3 Å². The summed E-state index contributed by atoms with van der Waals surface area (Å²) in [5.41, 5.74) is 3.79. The van der Waals surface area contributed by atoms with Crippen molar-refractivity contribution in [3.05, 3.63) is 57.3 Å². The summed E-state index contributed by atoms with van der Waals surface area (Å²) in [6.45, 7) is 7.87. The fourth-order valence-corrected chi connectivity index (χ4v) is 10.8. The van der Waals surface area contributed by atoms with Crippen LogP contribution in [0.15, 0.2) is 34.1 Å². The first kappa shape index (κ1) is 30.6. The van der Waals surface area contributed by atoms with Gasteiger partial charge in [-0.3, -0.25) is 14.4 Å². The number of H-pyrrole nitrogens is 1. The summed E-state index contributed by atoms with van der Waals surface area (Å²) in [5.74, 6) is 3.17. The van der Waals surface area contributed by atoms with Crippen molar-refractivity contribution < 1.29 is 9.59 Å². The molecule has 2 amide bonds.